The Bertz CT molecular complexity index is 1440. The molecule has 0 aliphatic rings. The van der Waals surface area contributed by atoms with Crippen LogP contribution in [0.4, 0.5) is 11.4 Å². The number of rotatable bonds is 19. The molecule has 2 atom stereocenters. The van der Waals surface area contributed by atoms with Crippen LogP contribution in [0.5, 0.6) is 0 Å². The van der Waals surface area contributed by atoms with Gasteiger partial charge in [-0.2, -0.15) is 9.36 Å². The number of carbonyl (C=O) groups is 2. The summed E-state index contributed by atoms with van der Waals surface area (Å²) < 4.78 is 14.3. The van der Waals surface area contributed by atoms with Crippen LogP contribution in [-0.2, 0) is 19.1 Å². The number of nitrogens with zero attached hydrogens (tertiary/aromatic N) is 8. The van der Waals surface area contributed by atoms with Gasteiger partial charge in [0.15, 0.2) is 0 Å². The average Bonchev–Trinajstić information content (AvgIpc) is 3.70. The van der Waals surface area contributed by atoms with Gasteiger partial charge in [-0.1, -0.05) is 35.7 Å². The van der Waals surface area contributed by atoms with E-state index in [9.17, 15) is 19.8 Å². The van der Waals surface area contributed by atoms with Crippen LogP contribution in [0.25, 0.3) is 11.4 Å². The minimum absolute atomic E-state index is 0.167. The van der Waals surface area contributed by atoms with Crippen molar-refractivity contribution < 1.29 is 29.3 Å². The van der Waals surface area contributed by atoms with Gasteiger partial charge in [0.25, 0.3) is 0 Å². The van der Waals surface area contributed by atoms with Crippen molar-refractivity contribution in [2.45, 2.75) is 49.2 Å². The maximum Gasteiger partial charge on any atom is 0.221 e. The molecule has 2 heterocycles. The Labute approximate surface area is 273 Å². The van der Waals surface area contributed by atoms with Gasteiger partial charge in [-0.25, -0.2) is 0 Å². The second kappa shape index (κ2) is 18.3. The lowest BCUT2D eigenvalue weighted by Gasteiger charge is -2.12. The third kappa shape index (κ3) is 11.5. The molecule has 4 rings (SSSR count). The summed E-state index contributed by atoms with van der Waals surface area (Å²) in [5.41, 5.74) is 2.62. The third-order valence-electron chi connectivity index (χ3n) is 5.96. The number of anilines is 2. The first kappa shape index (κ1) is 34.9. The van der Waals surface area contributed by atoms with Gasteiger partial charge in [0, 0.05) is 49.9 Å². The van der Waals surface area contributed by atoms with Gasteiger partial charge in [-0.3, -0.25) is 9.59 Å². The van der Waals surface area contributed by atoms with Crippen molar-refractivity contribution in [3.8, 4) is 11.4 Å². The SMILES string of the molecule is CC(=O)Nc1cccc(-n2nnnc2SCC(O)COCCCCOCC(O)CSc2nnnn2-c2cccc(NC(C)=O)c2)c1. The van der Waals surface area contributed by atoms with E-state index in [2.05, 4.69) is 41.7 Å². The molecule has 0 aliphatic heterocycles. The summed E-state index contributed by atoms with van der Waals surface area (Å²) in [6.07, 6.45) is 0.0404. The number of thioether (sulfide) groups is 2. The Morgan fingerprint density at radius 2 is 1.20 bits per heavy atom. The molecule has 18 heteroatoms. The van der Waals surface area contributed by atoms with Gasteiger partial charge in [-0.05, 0) is 70.1 Å². The number of benzene rings is 2. The maximum atomic E-state index is 11.3. The molecule has 0 radical (unpaired) electrons. The number of hydrogen-bond donors (Lipinski definition) is 4. The van der Waals surface area contributed by atoms with Crippen LogP contribution in [0, 0.1) is 0 Å². The molecule has 46 heavy (non-hydrogen) atoms. The lowest BCUT2D eigenvalue weighted by molar-refractivity contribution is -0.115. The number of tetrazole rings is 2. The first-order valence-corrected chi connectivity index (χ1v) is 16.4. The van der Waals surface area contributed by atoms with E-state index in [-0.39, 0.29) is 25.0 Å². The van der Waals surface area contributed by atoms with Crippen molar-refractivity contribution in [3.63, 3.8) is 0 Å². The van der Waals surface area contributed by atoms with Crippen LogP contribution in [-0.4, -0.2) is 113 Å². The summed E-state index contributed by atoms with van der Waals surface area (Å²) in [6.45, 7) is 4.13. The zero-order valence-electron chi connectivity index (χ0n) is 25.4. The Morgan fingerprint density at radius 1 is 0.761 bits per heavy atom. The summed E-state index contributed by atoms with van der Waals surface area (Å²) in [5.74, 6) is 0.317. The molecule has 2 aromatic carbocycles. The highest BCUT2D eigenvalue weighted by Crippen LogP contribution is 2.22. The molecule has 2 amide bonds. The molecular weight excluding hydrogens is 637 g/mol. The van der Waals surface area contributed by atoms with E-state index in [1.807, 2.05) is 12.1 Å². The second-order valence-corrected chi connectivity index (χ2v) is 12.0. The highest BCUT2D eigenvalue weighted by Gasteiger charge is 2.15. The first-order valence-electron chi connectivity index (χ1n) is 14.4. The Kier molecular flexibility index (Phi) is 13.9. The monoisotopic (exact) mass is 672 g/mol. The van der Waals surface area contributed by atoms with Crippen LogP contribution in [0.2, 0.25) is 0 Å². The van der Waals surface area contributed by atoms with Crippen LogP contribution >= 0.6 is 23.5 Å². The second-order valence-electron chi connectivity index (χ2n) is 10.00. The number of hydrogen-bond acceptors (Lipinski definition) is 14. The number of unbranched alkanes of at least 4 members (excludes halogenated alkanes) is 1. The number of aliphatic hydroxyl groups is 2. The van der Waals surface area contributed by atoms with Crippen molar-refractivity contribution in [2.75, 3.05) is 48.6 Å². The fourth-order valence-corrected chi connectivity index (χ4v) is 5.58. The van der Waals surface area contributed by atoms with Crippen LogP contribution < -0.4 is 10.6 Å². The molecule has 0 spiro atoms. The fourth-order valence-electron chi connectivity index (χ4n) is 3.98. The van der Waals surface area contributed by atoms with Crippen molar-refractivity contribution in [2.24, 2.45) is 0 Å². The molecule has 0 fully saturated rings. The number of aromatic nitrogens is 8. The number of ether oxygens (including phenoxy) is 2. The summed E-state index contributed by atoms with van der Waals surface area (Å²) in [6, 6.07) is 14.3. The Hall–Kier alpha value is -3.94. The van der Waals surface area contributed by atoms with Crippen LogP contribution in [0.1, 0.15) is 26.7 Å². The van der Waals surface area contributed by atoms with Crippen molar-refractivity contribution in [3.05, 3.63) is 48.5 Å². The molecule has 0 aliphatic carbocycles. The molecule has 16 nitrogen and oxygen atoms in total. The lowest BCUT2D eigenvalue weighted by atomic mass is 10.3. The number of carbonyl (C=O) groups excluding carboxylic acids is 2. The minimum atomic E-state index is -0.716. The van der Waals surface area contributed by atoms with Gasteiger partial charge in [-0.15, -0.1) is 10.2 Å². The topological polar surface area (TPSA) is 204 Å². The molecule has 4 N–H and O–H groups in total. The highest BCUT2D eigenvalue weighted by atomic mass is 32.2. The van der Waals surface area contributed by atoms with Crippen LogP contribution in [0.15, 0.2) is 58.8 Å². The standard InChI is InChI=1S/C28H36N10O6S2/c1-19(39)29-21-7-5-9-23(13-21)37-27(31-33-35-37)45-17-25(41)15-43-11-3-4-12-44-16-26(42)18-46-28-32-34-36-38(28)24-10-6-8-22(14-24)30-20(2)40/h5-10,13-14,25-26,41-42H,3-4,11-12,15-18H2,1-2H3,(H,29,39)(H,30,40). The van der Waals surface area contributed by atoms with E-state index in [1.54, 1.807) is 45.8 Å². The van der Waals surface area contributed by atoms with Gasteiger partial charge in [0.2, 0.25) is 22.1 Å². The van der Waals surface area contributed by atoms with E-state index >= 15 is 0 Å². The van der Waals surface area contributed by atoms with Crippen LogP contribution in [0.3, 0.4) is 0 Å². The largest absolute Gasteiger partial charge is 0.390 e. The van der Waals surface area contributed by atoms with Crippen molar-refractivity contribution in [1.82, 2.24) is 40.4 Å². The highest BCUT2D eigenvalue weighted by molar-refractivity contribution is 7.99. The Morgan fingerprint density at radius 3 is 1.61 bits per heavy atom. The van der Waals surface area contributed by atoms with E-state index in [0.717, 1.165) is 12.8 Å². The van der Waals surface area contributed by atoms with Crippen molar-refractivity contribution >= 4 is 46.7 Å². The number of nitrogens with one attached hydrogen (secondary N) is 2. The molecule has 2 aromatic heterocycles. The van der Waals surface area contributed by atoms with Crippen molar-refractivity contribution in [1.29, 1.82) is 0 Å². The fraction of sp³-hybridized carbons (Fsp3) is 0.429. The predicted molar refractivity (Wildman–Crippen MR) is 171 cm³/mol. The molecule has 0 bridgehead atoms. The smallest absolute Gasteiger partial charge is 0.221 e. The summed E-state index contributed by atoms with van der Waals surface area (Å²) in [7, 11) is 0. The van der Waals surface area contributed by atoms with E-state index in [4.69, 9.17) is 9.47 Å². The van der Waals surface area contributed by atoms with E-state index in [0.29, 0.717) is 57.8 Å². The number of amides is 2. The van der Waals surface area contributed by atoms with Gasteiger partial charge in [0.1, 0.15) is 0 Å². The van der Waals surface area contributed by atoms with E-state index < -0.39 is 12.2 Å². The van der Waals surface area contributed by atoms with Gasteiger partial charge in [0.05, 0.1) is 36.8 Å². The zero-order chi connectivity index (χ0) is 32.7. The third-order valence-corrected chi connectivity index (χ3v) is 8.09. The zero-order valence-corrected chi connectivity index (χ0v) is 27.0. The quantitative estimate of drug-likeness (QED) is 0.0831. The Balaban J connectivity index is 1.06. The maximum absolute atomic E-state index is 11.3. The molecule has 0 saturated carbocycles. The van der Waals surface area contributed by atoms with E-state index in [1.165, 1.54) is 37.4 Å². The molecule has 2 unspecified atom stereocenters. The van der Waals surface area contributed by atoms with Gasteiger partial charge >= 0.3 is 0 Å². The summed E-state index contributed by atoms with van der Waals surface area (Å²) in [5, 5.41) is 50.7. The minimum Gasteiger partial charge on any atom is -0.390 e. The predicted octanol–water partition coefficient (Wildman–Crippen LogP) is 1.97. The number of aliphatic hydroxyl groups excluding tert-OH is 2. The first-order chi connectivity index (χ1) is 22.3. The molecular formula is C28H36N10O6S2. The lowest BCUT2D eigenvalue weighted by Crippen LogP contribution is -2.20. The summed E-state index contributed by atoms with van der Waals surface area (Å²) >= 11 is 2.59. The molecule has 0 saturated heterocycles. The molecule has 4 aromatic rings. The molecule has 246 valence electrons. The van der Waals surface area contributed by atoms with Gasteiger partial charge < -0.3 is 30.3 Å². The average molecular weight is 673 g/mol. The summed E-state index contributed by atoms with van der Waals surface area (Å²) in [4.78, 5) is 22.7. The normalized spacial score (nSPS) is 12.5.